The number of para-hydroxylation sites is 1. The normalized spacial score (nSPS) is 11.7. The molecular formula is C19H20FNO3. The van der Waals surface area contributed by atoms with Gasteiger partial charge in [-0.05, 0) is 55.7 Å². The number of halogens is 1. The van der Waals surface area contributed by atoms with E-state index in [-0.39, 0.29) is 5.56 Å². The van der Waals surface area contributed by atoms with Crippen molar-refractivity contribution in [1.82, 2.24) is 0 Å². The fourth-order valence-electron chi connectivity index (χ4n) is 2.29. The molecule has 0 saturated carbocycles. The summed E-state index contributed by atoms with van der Waals surface area (Å²) >= 11 is 0. The highest BCUT2D eigenvalue weighted by molar-refractivity contribution is 5.98. The van der Waals surface area contributed by atoms with Gasteiger partial charge in [0.1, 0.15) is 5.82 Å². The smallest absolute Gasteiger partial charge is 0.338 e. The molecule has 4 nitrogen and oxygen atoms in total. The maximum Gasteiger partial charge on any atom is 0.338 e. The van der Waals surface area contributed by atoms with Crippen molar-refractivity contribution in [2.24, 2.45) is 0 Å². The lowest BCUT2D eigenvalue weighted by Crippen LogP contribution is -2.30. The maximum atomic E-state index is 12.9. The highest BCUT2D eigenvalue weighted by Crippen LogP contribution is 2.21. The zero-order chi connectivity index (χ0) is 17.7. The Morgan fingerprint density at radius 2 is 1.83 bits per heavy atom. The van der Waals surface area contributed by atoms with Crippen molar-refractivity contribution in [2.75, 3.05) is 5.32 Å². The van der Waals surface area contributed by atoms with E-state index in [1.54, 1.807) is 0 Å². The maximum absolute atomic E-state index is 12.9. The van der Waals surface area contributed by atoms with Crippen LogP contribution in [0, 0.1) is 12.7 Å². The van der Waals surface area contributed by atoms with Crippen LogP contribution in [0.5, 0.6) is 0 Å². The largest absolute Gasteiger partial charge is 0.449 e. The van der Waals surface area contributed by atoms with Crippen LogP contribution >= 0.6 is 0 Å². The van der Waals surface area contributed by atoms with E-state index in [9.17, 15) is 14.0 Å². The molecule has 126 valence electrons. The molecule has 1 N–H and O–H groups in total. The summed E-state index contributed by atoms with van der Waals surface area (Å²) in [6, 6.07) is 10.8. The number of benzene rings is 2. The number of carbonyl (C=O) groups excluding carboxylic acids is 2. The SMILES string of the molecule is CCc1cccc(C)c1NC(=O)[C@@H](C)OC(=O)c1ccc(F)cc1. The summed E-state index contributed by atoms with van der Waals surface area (Å²) in [5.74, 6) is -1.52. The Kier molecular flexibility index (Phi) is 5.68. The molecule has 1 atom stereocenters. The molecule has 2 aromatic rings. The van der Waals surface area contributed by atoms with Gasteiger partial charge in [0.05, 0.1) is 5.56 Å². The van der Waals surface area contributed by atoms with Crippen molar-refractivity contribution in [3.05, 3.63) is 65.0 Å². The van der Waals surface area contributed by atoms with Gasteiger partial charge in [-0.1, -0.05) is 25.1 Å². The lowest BCUT2D eigenvalue weighted by Gasteiger charge is -2.17. The summed E-state index contributed by atoms with van der Waals surface area (Å²) in [6.07, 6.45) is -0.187. The minimum absolute atomic E-state index is 0.196. The Morgan fingerprint density at radius 3 is 2.46 bits per heavy atom. The number of rotatable bonds is 5. The van der Waals surface area contributed by atoms with Crippen LogP contribution in [0.4, 0.5) is 10.1 Å². The Labute approximate surface area is 140 Å². The van der Waals surface area contributed by atoms with Crippen molar-refractivity contribution in [3.8, 4) is 0 Å². The van der Waals surface area contributed by atoms with Gasteiger partial charge < -0.3 is 10.1 Å². The summed E-state index contributed by atoms with van der Waals surface area (Å²) < 4.78 is 18.0. The van der Waals surface area contributed by atoms with Crippen molar-refractivity contribution >= 4 is 17.6 Å². The van der Waals surface area contributed by atoms with E-state index >= 15 is 0 Å². The Balaban J connectivity index is 2.05. The standard InChI is InChI=1S/C19H20FNO3/c1-4-14-7-5-6-12(2)17(14)21-18(22)13(3)24-19(23)15-8-10-16(20)11-9-15/h5-11,13H,4H2,1-3H3,(H,21,22)/t13-/m1/s1. The third-order valence-corrected chi connectivity index (χ3v) is 3.72. The third kappa shape index (κ3) is 4.19. The Hall–Kier alpha value is -2.69. The molecule has 0 aliphatic rings. The van der Waals surface area contributed by atoms with Crippen LogP contribution < -0.4 is 5.32 Å². The predicted molar refractivity (Wildman–Crippen MR) is 90.5 cm³/mol. The number of ether oxygens (including phenoxy) is 1. The molecular weight excluding hydrogens is 309 g/mol. The molecule has 1 amide bonds. The molecule has 0 unspecified atom stereocenters. The molecule has 0 heterocycles. The van der Waals surface area contributed by atoms with Crippen molar-refractivity contribution in [3.63, 3.8) is 0 Å². The van der Waals surface area contributed by atoms with Gasteiger partial charge >= 0.3 is 5.97 Å². The number of aryl methyl sites for hydroxylation is 2. The van der Waals surface area contributed by atoms with Crippen LogP contribution in [0.1, 0.15) is 35.3 Å². The van der Waals surface area contributed by atoms with Gasteiger partial charge in [0.15, 0.2) is 6.10 Å². The van der Waals surface area contributed by atoms with E-state index in [0.717, 1.165) is 23.2 Å². The highest BCUT2D eigenvalue weighted by atomic mass is 19.1. The van der Waals surface area contributed by atoms with Gasteiger partial charge in [-0.25, -0.2) is 9.18 Å². The number of anilines is 1. The van der Waals surface area contributed by atoms with E-state index in [2.05, 4.69) is 5.32 Å². The number of hydrogen-bond donors (Lipinski definition) is 1. The summed E-state index contributed by atoms with van der Waals surface area (Å²) in [6.45, 7) is 5.41. The number of carbonyl (C=O) groups is 2. The van der Waals surface area contributed by atoms with E-state index in [4.69, 9.17) is 4.74 Å². The van der Waals surface area contributed by atoms with E-state index in [0.29, 0.717) is 0 Å². The van der Waals surface area contributed by atoms with Crippen LogP contribution in [0.25, 0.3) is 0 Å². The van der Waals surface area contributed by atoms with Crippen LogP contribution in [0.2, 0.25) is 0 Å². The summed E-state index contributed by atoms with van der Waals surface area (Å²) in [7, 11) is 0. The molecule has 0 aromatic heterocycles. The number of nitrogens with one attached hydrogen (secondary N) is 1. The van der Waals surface area contributed by atoms with Crippen molar-refractivity contribution < 1.29 is 18.7 Å². The molecule has 2 rings (SSSR count). The zero-order valence-electron chi connectivity index (χ0n) is 13.9. The second-order valence-corrected chi connectivity index (χ2v) is 5.51. The van der Waals surface area contributed by atoms with E-state index in [1.165, 1.54) is 31.2 Å². The average molecular weight is 329 g/mol. The summed E-state index contributed by atoms with van der Waals surface area (Å²) in [5, 5.41) is 2.82. The fraction of sp³-hybridized carbons (Fsp3) is 0.263. The van der Waals surface area contributed by atoms with Crippen molar-refractivity contribution in [1.29, 1.82) is 0 Å². The van der Waals surface area contributed by atoms with Crippen LogP contribution in [0.15, 0.2) is 42.5 Å². The molecule has 2 aromatic carbocycles. The third-order valence-electron chi connectivity index (χ3n) is 3.72. The minimum Gasteiger partial charge on any atom is -0.449 e. The van der Waals surface area contributed by atoms with Gasteiger partial charge in [-0.2, -0.15) is 0 Å². The zero-order valence-corrected chi connectivity index (χ0v) is 13.9. The molecule has 24 heavy (non-hydrogen) atoms. The lowest BCUT2D eigenvalue weighted by atomic mass is 10.1. The second kappa shape index (κ2) is 7.73. The van der Waals surface area contributed by atoms with Gasteiger partial charge in [0, 0.05) is 5.69 Å². The predicted octanol–water partition coefficient (Wildman–Crippen LogP) is 3.88. The van der Waals surface area contributed by atoms with E-state index in [1.807, 2.05) is 32.0 Å². The van der Waals surface area contributed by atoms with Crippen LogP contribution in [-0.4, -0.2) is 18.0 Å². The number of hydrogen-bond acceptors (Lipinski definition) is 3. The molecule has 0 aliphatic carbocycles. The van der Waals surface area contributed by atoms with Crippen LogP contribution in [0.3, 0.4) is 0 Å². The number of esters is 1. The topological polar surface area (TPSA) is 55.4 Å². The van der Waals surface area contributed by atoms with E-state index < -0.39 is 23.8 Å². The second-order valence-electron chi connectivity index (χ2n) is 5.51. The molecule has 0 saturated heterocycles. The first-order chi connectivity index (χ1) is 11.4. The molecule has 0 bridgehead atoms. The molecule has 0 spiro atoms. The molecule has 0 radical (unpaired) electrons. The quantitative estimate of drug-likeness (QED) is 0.847. The molecule has 5 heteroatoms. The fourth-order valence-corrected chi connectivity index (χ4v) is 2.29. The lowest BCUT2D eigenvalue weighted by molar-refractivity contribution is -0.123. The summed E-state index contributed by atoms with van der Waals surface area (Å²) in [5.41, 5.74) is 2.90. The average Bonchev–Trinajstić information content (AvgIpc) is 2.57. The first-order valence-corrected chi connectivity index (χ1v) is 7.78. The Morgan fingerprint density at radius 1 is 1.17 bits per heavy atom. The summed E-state index contributed by atoms with van der Waals surface area (Å²) in [4.78, 5) is 24.3. The Bertz CT molecular complexity index is 741. The van der Waals surface area contributed by atoms with Gasteiger partial charge in [0.25, 0.3) is 5.91 Å². The first kappa shape index (κ1) is 17.7. The molecule has 0 fully saturated rings. The first-order valence-electron chi connectivity index (χ1n) is 7.78. The minimum atomic E-state index is -0.966. The molecule has 0 aliphatic heterocycles. The van der Waals surface area contributed by atoms with Gasteiger partial charge in [-0.3, -0.25) is 4.79 Å². The van der Waals surface area contributed by atoms with Gasteiger partial charge in [-0.15, -0.1) is 0 Å². The highest BCUT2D eigenvalue weighted by Gasteiger charge is 2.20. The van der Waals surface area contributed by atoms with Crippen molar-refractivity contribution in [2.45, 2.75) is 33.3 Å². The van der Waals surface area contributed by atoms with Gasteiger partial charge in [0.2, 0.25) is 0 Å². The number of amides is 1. The van der Waals surface area contributed by atoms with Crippen LogP contribution in [-0.2, 0) is 16.0 Å². The monoisotopic (exact) mass is 329 g/mol.